The molecular formula is C12H20O. The third-order valence-electron chi connectivity index (χ3n) is 2.77. The van der Waals surface area contributed by atoms with E-state index >= 15 is 0 Å². The molecular weight excluding hydrogens is 160 g/mol. The van der Waals surface area contributed by atoms with Crippen LogP contribution in [0, 0.1) is 5.92 Å². The topological polar surface area (TPSA) is 9.23 Å². The van der Waals surface area contributed by atoms with E-state index < -0.39 is 0 Å². The van der Waals surface area contributed by atoms with Gasteiger partial charge in [-0.15, -0.1) is 6.58 Å². The fourth-order valence-corrected chi connectivity index (χ4v) is 2.01. The molecule has 3 unspecified atom stereocenters. The summed E-state index contributed by atoms with van der Waals surface area (Å²) in [5.74, 6) is 0.536. The molecule has 1 saturated heterocycles. The molecule has 1 aliphatic heterocycles. The number of rotatable bonds is 3. The Bertz CT molecular complexity index is 195. The molecule has 74 valence electrons. The van der Waals surface area contributed by atoms with E-state index in [1.165, 1.54) is 12.0 Å². The molecule has 0 radical (unpaired) electrons. The van der Waals surface area contributed by atoms with Crippen LogP contribution in [0.1, 0.15) is 33.1 Å². The van der Waals surface area contributed by atoms with E-state index in [4.69, 9.17) is 4.74 Å². The predicted molar refractivity (Wildman–Crippen MR) is 56.7 cm³/mol. The van der Waals surface area contributed by atoms with Crippen LogP contribution in [0.15, 0.2) is 24.8 Å². The Morgan fingerprint density at radius 2 is 2.23 bits per heavy atom. The quantitative estimate of drug-likeness (QED) is 0.605. The van der Waals surface area contributed by atoms with Gasteiger partial charge in [0.05, 0.1) is 12.2 Å². The summed E-state index contributed by atoms with van der Waals surface area (Å²) in [6.07, 6.45) is 5.99. The van der Waals surface area contributed by atoms with Crippen molar-refractivity contribution >= 4 is 0 Å². The molecule has 0 aromatic heterocycles. The van der Waals surface area contributed by atoms with Gasteiger partial charge < -0.3 is 4.74 Å². The maximum atomic E-state index is 5.87. The summed E-state index contributed by atoms with van der Waals surface area (Å²) in [6, 6.07) is 0. The highest BCUT2D eigenvalue weighted by atomic mass is 16.5. The molecule has 1 nitrogen and oxygen atoms in total. The lowest BCUT2D eigenvalue weighted by Crippen LogP contribution is -2.33. The van der Waals surface area contributed by atoms with Crippen LogP contribution in [0.3, 0.4) is 0 Å². The van der Waals surface area contributed by atoms with E-state index in [1.807, 2.05) is 6.08 Å². The van der Waals surface area contributed by atoms with Gasteiger partial charge in [0.2, 0.25) is 0 Å². The van der Waals surface area contributed by atoms with Crippen LogP contribution in [0.2, 0.25) is 0 Å². The van der Waals surface area contributed by atoms with Crippen molar-refractivity contribution in [2.45, 2.75) is 45.3 Å². The van der Waals surface area contributed by atoms with Crippen molar-refractivity contribution in [2.24, 2.45) is 5.92 Å². The maximum Gasteiger partial charge on any atom is 0.0678 e. The van der Waals surface area contributed by atoms with Crippen molar-refractivity contribution in [3.8, 4) is 0 Å². The summed E-state index contributed by atoms with van der Waals surface area (Å²) in [5.41, 5.74) is 1.25. The second kappa shape index (κ2) is 4.61. The largest absolute Gasteiger partial charge is 0.374 e. The Morgan fingerprint density at radius 3 is 2.77 bits per heavy atom. The van der Waals surface area contributed by atoms with Gasteiger partial charge in [-0.1, -0.05) is 18.2 Å². The van der Waals surface area contributed by atoms with Crippen molar-refractivity contribution in [1.29, 1.82) is 0 Å². The van der Waals surface area contributed by atoms with Crippen LogP contribution >= 0.6 is 0 Å². The van der Waals surface area contributed by atoms with E-state index in [0.29, 0.717) is 18.1 Å². The SMILES string of the molecule is C=CCC1OC(C)CCC1C(=C)C. The average Bonchev–Trinajstić information content (AvgIpc) is 2.04. The lowest BCUT2D eigenvalue weighted by atomic mass is 9.85. The van der Waals surface area contributed by atoms with E-state index in [1.54, 1.807) is 0 Å². The summed E-state index contributed by atoms with van der Waals surface area (Å²) in [5, 5.41) is 0. The lowest BCUT2D eigenvalue weighted by molar-refractivity contribution is -0.0626. The first-order valence-corrected chi connectivity index (χ1v) is 5.07. The van der Waals surface area contributed by atoms with Crippen LogP contribution < -0.4 is 0 Å². The molecule has 0 aromatic carbocycles. The molecule has 0 aromatic rings. The molecule has 0 spiro atoms. The molecule has 1 heterocycles. The second-order valence-electron chi connectivity index (χ2n) is 4.04. The van der Waals surface area contributed by atoms with Gasteiger partial charge in [0.15, 0.2) is 0 Å². The van der Waals surface area contributed by atoms with E-state index in [9.17, 15) is 0 Å². The van der Waals surface area contributed by atoms with Gasteiger partial charge in [0.25, 0.3) is 0 Å². The molecule has 1 fully saturated rings. The number of ether oxygens (including phenoxy) is 1. The Balaban J connectivity index is 2.59. The van der Waals surface area contributed by atoms with Crippen molar-refractivity contribution in [3.05, 3.63) is 24.8 Å². The minimum Gasteiger partial charge on any atom is -0.374 e. The summed E-state index contributed by atoms with van der Waals surface area (Å²) >= 11 is 0. The van der Waals surface area contributed by atoms with Crippen LogP contribution in [0.25, 0.3) is 0 Å². The van der Waals surface area contributed by atoms with Crippen molar-refractivity contribution < 1.29 is 4.74 Å². The summed E-state index contributed by atoms with van der Waals surface area (Å²) in [4.78, 5) is 0. The highest BCUT2D eigenvalue weighted by molar-refractivity contribution is 5.02. The normalized spacial score (nSPS) is 34.2. The summed E-state index contributed by atoms with van der Waals surface area (Å²) in [6.45, 7) is 12.0. The van der Waals surface area contributed by atoms with Gasteiger partial charge >= 0.3 is 0 Å². The molecule has 0 saturated carbocycles. The molecule has 0 bridgehead atoms. The van der Waals surface area contributed by atoms with E-state index in [0.717, 1.165) is 12.8 Å². The standard InChI is InChI=1S/C12H20O/c1-5-6-12-11(9(2)3)8-7-10(4)13-12/h5,10-12H,1-2,6-8H2,3-4H3. The van der Waals surface area contributed by atoms with Crippen molar-refractivity contribution in [1.82, 2.24) is 0 Å². The fraction of sp³-hybridized carbons (Fsp3) is 0.667. The summed E-state index contributed by atoms with van der Waals surface area (Å²) in [7, 11) is 0. The van der Waals surface area contributed by atoms with Crippen LogP contribution in [0.5, 0.6) is 0 Å². The highest BCUT2D eigenvalue weighted by Crippen LogP contribution is 2.31. The fourth-order valence-electron chi connectivity index (χ4n) is 2.01. The molecule has 1 heteroatoms. The Morgan fingerprint density at radius 1 is 1.54 bits per heavy atom. The third-order valence-corrected chi connectivity index (χ3v) is 2.77. The Labute approximate surface area is 81.5 Å². The minimum atomic E-state index is 0.318. The molecule has 3 atom stereocenters. The third kappa shape index (κ3) is 2.70. The lowest BCUT2D eigenvalue weighted by Gasteiger charge is -2.35. The van der Waals surface area contributed by atoms with E-state index in [2.05, 4.69) is 27.0 Å². The molecule has 1 aliphatic rings. The predicted octanol–water partition coefficient (Wildman–Crippen LogP) is 3.32. The highest BCUT2D eigenvalue weighted by Gasteiger charge is 2.28. The van der Waals surface area contributed by atoms with Gasteiger partial charge in [0, 0.05) is 5.92 Å². The van der Waals surface area contributed by atoms with Gasteiger partial charge in [-0.2, -0.15) is 0 Å². The van der Waals surface area contributed by atoms with Crippen molar-refractivity contribution in [2.75, 3.05) is 0 Å². The first kappa shape index (κ1) is 10.5. The van der Waals surface area contributed by atoms with Gasteiger partial charge in [-0.05, 0) is 33.1 Å². The molecule has 0 aliphatic carbocycles. The monoisotopic (exact) mass is 180 g/mol. The van der Waals surface area contributed by atoms with Crippen molar-refractivity contribution in [3.63, 3.8) is 0 Å². The second-order valence-corrected chi connectivity index (χ2v) is 4.04. The first-order chi connectivity index (χ1) is 6.15. The minimum absolute atomic E-state index is 0.318. The van der Waals surface area contributed by atoms with Gasteiger partial charge in [-0.3, -0.25) is 0 Å². The van der Waals surface area contributed by atoms with Gasteiger partial charge in [-0.25, -0.2) is 0 Å². The van der Waals surface area contributed by atoms with Crippen LogP contribution in [0.4, 0.5) is 0 Å². The molecule has 0 amide bonds. The number of hydrogen-bond donors (Lipinski definition) is 0. The smallest absolute Gasteiger partial charge is 0.0678 e. The first-order valence-electron chi connectivity index (χ1n) is 5.07. The Kier molecular flexibility index (Phi) is 3.73. The molecule has 13 heavy (non-hydrogen) atoms. The molecule has 0 N–H and O–H groups in total. The molecule has 1 rings (SSSR count). The average molecular weight is 180 g/mol. The maximum absolute atomic E-state index is 5.87. The van der Waals surface area contributed by atoms with Crippen LogP contribution in [-0.2, 0) is 4.74 Å². The Hall–Kier alpha value is -0.560. The summed E-state index contributed by atoms with van der Waals surface area (Å²) < 4.78 is 5.87. The van der Waals surface area contributed by atoms with Crippen LogP contribution in [-0.4, -0.2) is 12.2 Å². The zero-order chi connectivity index (χ0) is 9.84. The van der Waals surface area contributed by atoms with Gasteiger partial charge in [0.1, 0.15) is 0 Å². The van der Waals surface area contributed by atoms with E-state index in [-0.39, 0.29) is 0 Å². The zero-order valence-electron chi connectivity index (χ0n) is 8.75. The number of hydrogen-bond acceptors (Lipinski definition) is 1. The zero-order valence-corrected chi connectivity index (χ0v) is 8.75.